The molecule has 0 aromatic heterocycles. The van der Waals surface area contributed by atoms with Gasteiger partial charge in [-0.3, -0.25) is 4.90 Å². The average Bonchev–Trinajstić information content (AvgIpc) is 2.34. The van der Waals surface area contributed by atoms with E-state index in [1.54, 1.807) is 23.8 Å². The maximum Gasteiger partial charge on any atom is 0.328 e. The van der Waals surface area contributed by atoms with Crippen LogP contribution >= 0.6 is 0 Å². The number of hydrogen-bond donors (Lipinski definition) is 1. The lowest BCUT2D eigenvalue weighted by Crippen LogP contribution is -2.45. The minimum absolute atomic E-state index is 0.114. The molecule has 5 nitrogen and oxygen atoms in total. The number of amides is 2. The van der Waals surface area contributed by atoms with Crippen LogP contribution in [0.4, 0.5) is 10.5 Å². The van der Waals surface area contributed by atoms with Crippen LogP contribution in [-0.4, -0.2) is 35.6 Å². The summed E-state index contributed by atoms with van der Waals surface area (Å²) in [5.41, 5.74) is 2.54. The molecule has 5 heteroatoms. The van der Waals surface area contributed by atoms with Gasteiger partial charge in [-0.05, 0) is 24.1 Å². The predicted molar refractivity (Wildman–Crippen MR) is 72.0 cm³/mol. The maximum atomic E-state index is 12.2. The summed E-state index contributed by atoms with van der Waals surface area (Å²) in [5, 5.41) is 8.74. The van der Waals surface area contributed by atoms with E-state index in [9.17, 15) is 9.59 Å². The van der Waals surface area contributed by atoms with Crippen molar-refractivity contribution in [2.45, 2.75) is 13.5 Å². The Labute approximate surface area is 111 Å². The molecule has 0 unspecified atom stereocenters. The molecule has 100 valence electrons. The number of aliphatic carboxylic acids is 1. The van der Waals surface area contributed by atoms with Gasteiger partial charge in [0.25, 0.3) is 0 Å². The number of nitrogens with zero attached hydrogens (tertiary/aromatic N) is 2. The number of benzene rings is 1. The number of carboxylic acids is 1. The van der Waals surface area contributed by atoms with Gasteiger partial charge in [0.05, 0.1) is 5.69 Å². The standard InChI is InChI=1S/C14H16N2O3/c1-10(7-13(17)18)8-16-12-6-4-3-5-11(12)9-15(2)14(16)19/h3-7H,8-9H2,1-2H3,(H,17,18)/b10-7+. The zero-order chi connectivity index (χ0) is 14.0. The minimum Gasteiger partial charge on any atom is -0.478 e. The largest absolute Gasteiger partial charge is 0.478 e. The molecule has 1 heterocycles. The van der Waals surface area contributed by atoms with E-state index in [1.165, 1.54) is 0 Å². The van der Waals surface area contributed by atoms with E-state index in [0.29, 0.717) is 12.1 Å². The first-order valence-electron chi connectivity index (χ1n) is 5.99. The van der Waals surface area contributed by atoms with Crippen LogP contribution in [0.15, 0.2) is 35.9 Å². The highest BCUT2D eigenvalue weighted by Gasteiger charge is 2.27. The first-order valence-corrected chi connectivity index (χ1v) is 5.99. The Morgan fingerprint density at radius 1 is 1.42 bits per heavy atom. The van der Waals surface area contributed by atoms with Crippen LogP contribution in [0.3, 0.4) is 0 Å². The third-order valence-corrected chi connectivity index (χ3v) is 3.02. The van der Waals surface area contributed by atoms with Crippen LogP contribution in [0.5, 0.6) is 0 Å². The van der Waals surface area contributed by atoms with Crippen LogP contribution in [0.2, 0.25) is 0 Å². The molecule has 0 spiro atoms. The lowest BCUT2D eigenvalue weighted by atomic mass is 10.1. The summed E-state index contributed by atoms with van der Waals surface area (Å²) in [7, 11) is 1.74. The van der Waals surface area contributed by atoms with Crippen molar-refractivity contribution in [3.05, 3.63) is 41.5 Å². The van der Waals surface area contributed by atoms with Gasteiger partial charge in [-0.2, -0.15) is 0 Å². The van der Waals surface area contributed by atoms with E-state index in [2.05, 4.69) is 0 Å². The second-order valence-electron chi connectivity index (χ2n) is 4.68. The van der Waals surface area contributed by atoms with Crippen molar-refractivity contribution >= 4 is 17.7 Å². The Morgan fingerprint density at radius 2 is 2.11 bits per heavy atom. The van der Waals surface area contributed by atoms with Crippen molar-refractivity contribution < 1.29 is 14.7 Å². The molecule has 1 N–H and O–H groups in total. The topological polar surface area (TPSA) is 60.9 Å². The summed E-state index contributed by atoms with van der Waals surface area (Å²) in [6.07, 6.45) is 1.13. The molecule has 2 amide bonds. The summed E-state index contributed by atoms with van der Waals surface area (Å²) in [4.78, 5) is 26.1. The highest BCUT2D eigenvalue weighted by atomic mass is 16.4. The zero-order valence-electron chi connectivity index (χ0n) is 11.0. The van der Waals surface area contributed by atoms with Crippen LogP contribution in [0.1, 0.15) is 12.5 Å². The lowest BCUT2D eigenvalue weighted by Gasteiger charge is -2.35. The van der Waals surface area contributed by atoms with E-state index in [0.717, 1.165) is 17.3 Å². The van der Waals surface area contributed by atoms with Gasteiger partial charge in [0, 0.05) is 26.2 Å². The van der Waals surface area contributed by atoms with Crippen molar-refractivity contribution in [2.24, 2.45) is 0 Å². The number of hydrogen-bond acceptors (Lipinski definition) is 2. The van der Waals surface area contributed by atoms with E-state index in [-0.39, 0.29) is 12.6 Å². The van der Waals surface area contributed by atoms with Gasteiger partial charge in [-0.15, -0.1) is 0 Å². The van der Waals surface area contributed by atoms with Gasteiger partial charge in [-0.25, -0.2) is 9.59 Å². The van der Waals surface area contributed by atoms with Gasteiger partial charge in [0.1, 0.15) is 0 Å². The summed E-state index contributed by atoms with van der Waals surface area (Å²) < 4.78 is 0. The Bertz CT molecular complexity index is 551. The molecule has 0 saturated heterocycles. The molecule has 0 fully saturated rings. The van der Waals surface area contributed by atoms with Gasteiger partial charge in [0.15, 0.2) is 0 Å². The molecule has 19 heavy (non-hydrogen) atoms. The average molecular weight is 260 g/mol. The molecular formula is C14H16N2O3. The highest BCUT2D eigenvalue weighted by molar-refractivity contribution is 5.95. The van der Waals surface area contributed by atoms with E-state index < -0.39 is 5.97 Å². The number of urea groups is 1. The van der Waals surface area contributed by atoms with Gasteiger partial charge >= 0.3 is 12.0 Å². The lowest BCUT2D eigenvalue weighted by molar-refractivity contribution is -0.131. The van der Waals surface area contributed by atoms with Crippen molar-refractivity contribution in [1.29, 1.82) is 0 Å². The molecule has 1 aliphatic rings. The number of para-hydroxylation sites is 1. The molecule has 2 rings (SSSR count). The first kappa shape index (κ1) is 13.1. The van der Waals surface area contributed by atoms with E-state index >= 15 is 0 Å². The summed E-state index contributed by atoms with van der Waals surface area (Å²) in [6, 6.07) is 7.55. The second kappa shape index (κ2) is 5.14. The normalized spacial score (nSPS) is 15.5. The molecule has 0 bridgehead atoms. The Kier molecular flexibility index (Phi) is 3.55. The van der Waals surface area contributed by atoms with E-state index in [1.807, 2.05) is 24.3 Å². The summed E-state index contributed by atoms with van der Waals surface area (Å²) >= 11 is 0. The number of anilines is 1. The molecule has 1 aromatic rings. The summed E-state index contributed by atoms with van der Waals surface area (Å²) in [5.74, 6) is -0.997. The third kappa shape index (κ3) is 2.76. The minimum atomic E-state index is -0.997. The Hall–Kier alpha value is -2.30. The second-order valence-corrected chi connectivity index (χ2v) is 4.68. The smallest absolute Gasteiger partial charge is 0.328 e. The van der Waals surface area contributed by atoms with Gasteiger partial charge < -0.3 is 10.0 Å². The van der Waals surface area contributed by atoms with Gasteiger partial charge in [-0.1, -0.05) is 18.2 Å². The zero-order valence-corrected chi connectivity index (χ0v) is 11.0. The number of carboxylic acid groups (broad SMARTS) is 1. The van der Waals surface area contributed by atoms with Crippen LogP contribution in [0, 0.1) is 0 Å². The predicted octanol–water partition coefficient (Wildman–Crippen LogP) is 2.09. The van der Waals surface area contributed by atoms with Crippen LogP contribution in [0.25, 0.3) is 0 Å². The third-order valence-electron chi connectivity index (χ3n) is 3.02. The van der Waals surface area contributed by atoms with Crippen molar-refractivity contribution in [3.8, 4) is 0 Å². The maximum absolute atomic E-state index is 12.2. The molecule has 0 atom stereocenters. The van der Waals surface area contributed by atoms with E-state index in [4.69, 9.17) is 5.11 Å². The number of carbonyl (C=O) groups excluding carboxylic acids is 1. The molecular weight excluding hydrogens is 244 g/mol. The number of fused-ring (bicyclic) bond motifs is 1. The molecule has 1 aromatic carbocycles. The van der Waals surface area contributed by atoms with Crippen molar-refractivity contribution in [2.75, 3.05) is 18.5 Å². The number of carbonyl (C=O) groups is 2. The fraction of sp³-hybridized carbons (Fsp3) is 0.286. The number of rotatable bonds is 3. The first-order chi connectivity index (χ1) is 8.99. The van der Waals surface area contributed by atoms with Crippen LogP contribution < -0.4 is 4.90 Å². The fourth-order valence-electron chi connectivity index (χ4n) is 2.20. The molecule has 0 radical (unpaired) electrons. The molecule has 1 aliphatic heterocycles. The van der Waals surface area contributed by atoms with Crippen molar-refractivity contribution in [1.82, 2.24) is 4.90 Å². The SMILES string of the molecule is C/C(=C\C(=O)O)CN1C(=O)N(C)Cc2ccccc21. The summed E-state index contributed by atoms with van der Waals surface area (Å²) in [6.45, 7) is 2.57. The monoisotopic (exact) mass is 260 g/mol. The fourth-order valence-corrected chi connectivity index (χ4v) is 2.20. The van der Waals surface area contributed by atoms with Crippen LogP contribution in [-0.2, 0) is 11.3 Å². The Morgan fingerprint density at radius 3 is 2.79 bits per heavy atom. The van der Waals surface area contributed by atoms with Crippen molar-refractivity contribution in [3.63, 3.8) is 0 Å². The quantitative estimate of drug-likeness (QED) is 0.846. The molecule has 0 aliphatic carbocycles. The Balaban J connectivity index is 2.33. The molecule has 0 saturated carbocycles. The highest BCUT2D eigenvalue weighted by Crippen LogP contribution is 2.28. The van der Waals surface area contributed by atoms with Gasteiger partial charge in [0.2, 0.25) is 0 Å².